The zero-order valence-corrected chi connectivity index (χ0v) is 20.5. The molecule has 0 saturated carbocycles. The molecule has 2 heteroatoms. The lowest BCUT2D eigenvalue weighted by molar-refractivity contribution is 0.304. The Kier molecular flexibility index (Phi) is 12.2. The summed E-state index contributed by atoms with van der Waals surface area (Å²) in [5, 5.41) is 0. The first-order valence-electron chi connectivity index (χ1n) is 11.8. The fourth-order valence-electron chi connectivity index (χ4n) is 3.43. The highest BCUT2D eigenvalue weighted by Crippen LogP contribution is 2.36. The molecule has 2 aromatic rings. The summed E-state index contributed by atoms with van der Waals surface area (Å²) >= 11 is 0. The van der Waals surface area contributed by atoms with Gasteiger partial charge in [-0.25, -0.2) is 0 Å². The Morgan fingerprint density at radius 2 is 1.62 bits per heavy atom. The molecule has 0 N–H and O–H groups in total. The van der Waals surface area contributed by atoms with Crippen molar-refractivity contribution >= 4 is 6.08 Å². The van der Waals surface area contributed by atoms with Crippen LogP contribution in [0.2, 0.25) is 0 Å². The Balaban J connectivity index is 2.27. The van der Waals surface area contributed by atoms with Crippen LogP contribution in [-0.2, 0) is 0 Å². The van der Waals surface area contributed by atoms with Crippen LogP contribution in [-0.4, -0.2) is 6.61 Å². The maximum atomic E-state index is 6.08. The molecule has 0 amide bonds. The zero-order chi connectivity index (χ0) is 24.4. The summed E-state index contributed by atoms with van der Waals surface area (Å²) in [5.74, 6) is 16.4. The molecule has 0 aliphatic heterocycles. The Bertz CT molecular complexity index is 1190. The van der Waals surface area contributed by atoms with Gasteiger partial charge in [0, 0.05) is 23.3 Å². The van der Waals surface area contributed by atoms with Crippen LogP contribution in [0.3, 0.4) is 0 Å². The van der Waals surface area contributed by atoms with E-state index in [2.05, 4.69) is 79.8 Å². The van der Waals surface area contributed by atoms with Crippen molar-refractivity contribution < 1.29 is 9.47 Å². The fourth-order valence-corrected chi connectivity index (χ4v) is 3.43. The minimum atomic E-state index is 0.646. The SMILES string of the molecule is C#CC#CC#CC#COc1ccc(OCCCCCCCC)cc1-c1cc(C)ccc1/C=C/C. The van der Waals surface area contributed by atoms with E-state index >= 15 is 0 Å². The standard InChI is InChI=1S/C32H32O2/c1-5-8-10-12-14-16-23-33-29-21-22-32(34-24-17-15-13-11-9-6-2)31(26-29)30-25-27(4)19-20-28(30)18-7-3/h2,7,18-22,25-26H,5,8,10,12,14,16,23H2,1,3-4H3/b18-7+. The van der Waals surface area contributed by atoms with Crippen LogP contribution in [0.15, 0.2) is 42.5 Å². The second kappa shape index (κ2) is 15.8. The minimum Gasteiger partial charge on any atom is -0.494 e. The second-order valence-electron chi connectivity index (χ2n) is 7.84. The minimum absolute atomic E-state index is 0.646. The fraction of sp³-hybridized carbons (Fsp3) is 0.312. The third-order valence-electron chi connectivity index (χ3n) is 5.10. The van der Waals surface area contributed by atoms with Gasteiger partial charge in [0.15, 0.2) is 0 Å². The summed E-state index contributed by atoms with van der Waals surface area (Å²) in [6, 6.07) is 12.2. The van der Waals surface area contributed by atoms with Crippen molar-refractivity contribution in [2.45, 2.75) is 59.3 Å². The third kappa shape index (κ3) is 9.25. The van der Waals surface area contributed by atoms with Crippen molar-refractivity contribution in [1.29, 1.82) is 0 Å². The van der Waals surface area contributed by atoms with Crippen LogP contribution in [0.25, 0.3) is 17.2 Å². The van der Waals surface area contributed by atoms with Crippen molar-refractivity contribution in [3.05, 3.63) is 53.6 Å². The van der Waals surface area contributed by atoms with E-state index in [9.17, 15) is 0 Å². The highest BCUT2D eigenvalue weighted by Gasteiger charge is 2.12. The lowest BCUT2D eigenvalue weighted by Gasteiger charge is -2.14. The molecular formula is C32H32O2. The number of unbranched alkanes of at least 4 members (excludes halogenated alkanes) is 5. The lowest BCUT2D eigenvalue weighted by Crippen LogP contribution is -1.99. The van der Waals surface area contributed by atoms with Crippen LogP contribution >= 0.6 is 0 Å². The number of allylic oxidation sites excluding steroid dienone is 1. The number of ether oxygens (including phenoxy) is 2. The van der Waals surface area contributed by atoms with E-state index in [1.165, 1.54) is 32.1 Å². The second-order valence-corrected chi connectivity index (χ2v) is 7.84. The highest BCUT2D eigenvalue weighted by molar-refractivity contribution is 5.80. The first kappa shape index (κ1) is 26.3. The Labute approximate surface area is 205 Å². The smallest absolute Gasteiger partial charge is 0.148 e. The van der Waals surface area contributed by atoms with E-state index < -0.39 is 0 Å². The van der Waals surface area contributed by atoms with Crippen molar-refractivity contribution in [1.82, 2.24) is 0 Å². The molecule has 34 heavy (non-hydrogen) atoms. The predicted molar refractivity (Wildman–Crippen MR) is 143 cm³/mol. The topological polar surface area (TPSA) is 18.5 Å². The highest BCUT2D eigenvalue weighted by atomic mass is 16.5. The molecule has 2 rings (SSSR count). The molecular weight excluding hydrogens is 416 g/mol. The summed E-state index contributed by atoms with van der Waals surface area (Å²) in [7, 11) is 0. The van der Waals surface area contributed by atoms with Gasteiger partial charge in [-0.15, -0.1) is 6.42 Å². The van der Waals surface area contributed by atoms with E-state index in [1.54, 1.807) is 0 Å². The number of rotatable bonds is 11. The Morgan fingerprint density at radius 3 is 2.41 bits per heavy atom. The van der Waals surface area contributed by atoms with Crippen molar-refractivity contribution in [2.75, 3.05) is 6.61 Å². The summed E-state index contributed by atoms with van der Waals surface area (Å²) < 4.78 is 11.9. The first-order valence-corrected chi connectivity index (χ1v) is 11.8. The molecule has 0 saturated heterocycles. The summed E-state index contributed by atoms with van der Waals surface area (Å²) in [6.45, 7) is 7.03. The van der Waals surface area contributed by atoms with Gasteiger partial charge in [-0.1, -0.05) is 74.9 Å². The Hall–Kier alpha value is -3.98. The van der Waals surface area contributed by atoms with Crippen LogP contribution in [0.4, 0.5) is 0 Å². The molecule has 2 aromatic carbocycles. The summed E-state index contributed by atoms with van der Waals surface area (Å²) in [6.07, 6.45) is 19.2. The molecule has 0 heterocycles. The van der Waals surface area contributed by atoms with Gasteiger partial charge in [0.25, 0.3) is 0 Å². The van der Waals surface area contributed by atoms with Gasteiger partial charge in [0.1, 0.15) is 17.6 Å². The molecule has 0 atom stereocenters. The van der Waals surface area contributed by atoms with E-state index in [4.69, 9.17) is 15.9 Å². The van der Waals surface area contributed by atoms with Crippen LogP contribution in [0.1, 0.15) is 63.5 Å². The first-order chi connectivity index (χ1) is 16.7. The molecule has 0 radical (unpaired) electrons. The zero-order valence-electron chi connectivity index (χ0n) is 20.5. The monoisotopic (exact) mass is 448 g/mol. The van der Waals surface area contributed by atoms with Gasteiger partial charge in [-0.2, -0.15) is 0 Å². The van der Waals surface area contributed by atoms with Crippen molar-refractivity contribution in [3.63, 3.8) is 0 Å². The van der Waals surface area contributed by atoms with Crippen LogP contribution in [0, 0.1) is 55.0 Å². The molecule has 172 valence electrons. The number of terminal acetylenes is 1. The van der Waals surface area contributed by atoms with Gasteiger partial charge in [0.05, 0.1) is 6.61 Å². The van der Waals surface area contributed by atoms with Crippen LogP contribution < -0.4 is 9.47 Å². The number of hydrogen-bond donors (Lipinski definition) is 0. The van der Waals surface area contributed by atoms with Gasteiger partial charge >= 0.3 is 0 Å². The Morgan fingerprint density at radius 1 is 0.853 bits per heavy atom. The van der Waals surface area contributed by atoms with E-state index in [0.29, 0.717) is 12.4 Å². The largest absolute Gasteiger partial charge is 0.494 e. The molecule has 0 aromatic heterocycles. The molecule has 2 nitrogen and oxygen atoms in total. The van der Waals surface area contributed by atoms with Crippen molar-refractivity contribution in [2.24, 2.45) is 0 Å². The maximum absolute atomic E-state index is 6.08. The quantitative estimate of drug-likeness (QED) is 0.263. The molecule has 0 aliphatic rings. The number of benzene rings is 2. The summed E-state index contributed by atoms with van der Waals surface area (Å²) in [4.78, 5) is 0. The molecule has 0 unspecified atom stereocenters. The van der Waals surface area contributed by atoms with Crippen molar-refractivity contribution in [3.8, 4) is 70.7 Å². The van der Waals surface area contributed by atoms with Gasteiger partial charge in [-0.05, 0) is 67.4 Å². The number of aryl methyl sites for hydroxylation is 1. The third-order valence-corrected chi connectivity index (χ3v) is 5.10. The van der Waals surface area contributed by atoms with Gasteiger partial charge in [0.2, 0.25) is 0 Å². The normalized spacial score (nSPS) is 9.59. The predicted octanol–water partition coefficient (Wildman–Crippen LogP) is 7.41. The van der Waals surface area contributed by atoms with Gasteiger partial charge < -0.3 is 9.47 Å². The van der Waals surface area contributed by atoms with E-state index in [0.717, 1.165) is 34.4 Å². The number of hydrogen-bond acceptors (Lipinski definition) is 2. The summed E-state index contributed by atoms with van der Waals surface area (Å²) in [5.41, 5.74) is 4.25. The van der Waals surface area contributed by atoms with Crippen LogP contribution in [0.5, 0.6) is 11.5 Å². The average Bonchev–Trinajstić information content (AvgIpc) is 2.84. The van der Waals surface area contributed by atoms with Gasteiger partial charge in [-0.3, -0.25) is 0 Å². The molecule has 0 bridgehead atoms. The average molecular weight is 449 g/mol. The molecule has 0 aliphatic carbocycles. The van der Waals surface area contributed by atoms with E-state index in [-0.39, 0.29) is 0 Å². The molecule has 0 fully saturated rings. The van der Waals surface area contributed by atoms with E-state index in [1.807, 2.05) is 31.2 Å². The maximum Gasteiger partial charge on any atom is 0.148 e. The molecule has 0 spiro atoms. The lowest BCUT2D eigenvalue weighted by atomic mass is 9.96.